The number of nitrogens with one attached hydrogen (secondary N) is 2. The summed E-state index contributed by atoms with van der Waals surface area (Å²) in [6, 6.07) is 7.63. The summed E-state index contributed by atoms with van der Waals surface area (Å²) < 4.78 is 0. The molecule has 108 valence electrons. The minimum Gasteiger partial charge on any atom is -0.335 e. The van der Waals surface area contributed by atoms with Crippen LogP contribution in [0.1, 0.15) is 38.2 Å². The summed E-state index contributed by atoms with van der Waals surface area (Å²) in [6.07, 6.45) is 8.26. The summed E-state index contributed by atoms with van der Waals surface area (Å²) in [5.41, 5.74) is 1.00. The van der Waals surface area contributed by atoms with E-state index < -0.39 is 0 Å². The van der Waals surface area contributed by atoms with Gasteiger partial charge in [-0.2, -0.15) is 0 Å². The molecule has 3 nitrogen and oxygen atoms in total. The molecule has 1 aliphatic carbocycles. The fourth-order valence-corrected chi connectivity index (χ4v) is 2.65. The highest BCUT2D eigenvalue weighted by Gasteiger charge is 2.22. The van der Waals surface area contributed by atoms with Crippen molar-refractivity contribution in [1.29, 1.82) is 0 Å². The molecule has 2 amide bonds. The van der Waals surface area contributed by atoms with Gasteiger partial charge in [0.05, 0.1) is 0 Å². The number of benzene rings is 1. The van der Waals surface area contributed by atoms with Gasteiger partial charge in [0.2, 0.25) is 0 Å². The van der Waals surface area contributed by atoms with Crippen LogP contribution in [0.5, 0.6) is 0 Å². The Kier molecular flexibility index (Phi) is 5.48. The molecule has 1 aromatic carbocycles. The van der Waals surface area contributed by atoms with Gasteiger partial charge in [-0.25, -0.2) is 4.79 Å². The molecule has 0 radical (unpaired) electrons. The van der Waals surface area contributed by atoms with Crippen LogP contribution in [0.4, 0.5) is 4.79 Å². The normalized spacial score (nSPS) is 22.7. The quantitative estimate of drug-likeness (QED) is 0.862. The summed E-state index contributed by atoms with van der Waals surface area (Å²) in [6.45, 7) is 2.20. The van der Waals surface area contributed by atoms with Gasteiger partial charge in [0.25, 0.3) is 0 Å². The SMILES string of the molecule is CC1CCCCC1NC(=O)N/C=C/c1ccc(Cl)cc1. The Morgan fingerprint density at radius 3 is 2.65 bits per heavy atom. The van der Waals surface area contributed by atoms with E-state index in [0.717, 1.165) is 12.0 Å². The van der Waals surface area contributed by atoms with Crippen LogP contribution in [0.25, 0.3) is 6.08 Å². The molecule has 0 saturated heterocycles. The lowest BCUT2D eigenvalue weighted by Crippen LogP contribution is -2.44. The van der Waals surface area contributed by atoms with E-state index in [2.05, 4.69) is 17.6 Å². The fraction of sp³-hybridized carbons (Fsp3) is 0.438. The molecule has 0 bridgehead atoms. The number of urea groups is 1. The van der Waals surface area contributed by atoms with Gasteiger partial charge in [0.15, 0.2) is 0 Å². The van der Waals surface area contributed by atoms with E-state index in [1.807, 2.05) is 30.3 Å². The van der Waals surface area contributed by atoms with Crippen LogP contribution in [-0.4, -0.2) is 12.1 Å². The smallest absolute Gasteiger partial charge is 0.318 e. The van der Waals surface area contributed by atoms with Crippen molar-refractivity contribution in [2.24, 2.45) is 5.92 Å². The maximum atomic E-state index is 11.8. The maximum Gasteiger partial charge on any atom is 0.318 e. The van der Waals surface area contributed by atoms with Gasteiger partial charge in [-0.1, -0.05) is 43.5 Å². The lowest BCUT2D eigenvalue weighted by atomic mass is 9.86. The number of carbonyl (C=O) groups excluding carboxylic acids is 1. The lowest BCUT2D eigenvalue weighted by Gasteiger charge is -2.29. The molecule has 0 aliphatic heterocycles. The van der Waals surface area contributed by atoms with Crippen LogP contribution in [0.15, 0.2) is 30.5 Å². The third-order valence-electron chi connectivity index (χ3n) is 3.79. The summed E-state index contributed by atoms with van der Waals surface area (Å²) in [7, 11) is 0. The molecule has 1 fully saturated rings. The molecule has 4 heteroatoms. The Balaban J connectivity index is 1.78. The predicted molar refractivity (Wildman–Crippen MR) is 83.6 cm³/mol. The number of halogens is 1. The molecule has 2 atom stereocenters. The standard InChI is InChI=1S/C16H21ClN2O/c1-12-4-2-3-5-15(12)19-16(20)18-11-10-13-6-8-14(17)9-7-13/h6-12,15H,2-5H2,1H3,(H2,18,19,20)/b11-10+. The average molecular weight is 293 g/mol. The lowest BCUT2D eigenvalue weighted by molar-refractivity contribution is 0.225. The number of rotatable bonds is 3. The van der Waals surface area contributed by atoms with Crippen molar-refractivity contribution in [2.75, 3.05) is 0 Å². The zero-order chi connectivity index (χ0) is 14.4. The fourth-order valence-electron chi connectivity index (χ4n) is 2.53. The topological polar surface area (TPSA) is 41.1 Å². The Morgan fingerprint density at radius 1 is 1.25 bits per heavy atom. The molecule has 0 heterocycles. The van der Waals surface area contributed by atoms with E-state index in [1.165, 1.54) is 19.3 Å². The van der Waals surface area contributed by atoms with Crippen molar-refractivity contribution in [2.45, 2.75) is 38.6 Å². The van der Waals surface area contributed by atoms with Gasteiger partial charge < -0.3 is 10.6 Å². The first-order chi connectivity index (χ1) is 9.65. The second-order valence-electron chi connectivity index (χ2n) is 5.37. The van der Waals surface area contributed by atoms with E-state index in [-0.39, 0.29) is 6.03 Å². The highest BCUT2D eigenvalue weighted by molar-refractivity contribution is 6.30. The Bertz CT molecular complexity index is 470. The second-order valence-corrected chi connectivity index (χ2v) is 5.81. The van der Waals surface area contributed by atoms with Crippen LogP contribution >= 0.6 is 11.6 Å². The first kappa shape index (κ1) is 14.9. The minimum atomic E-state index is -0.131. The van der Waals surface area contributed by atoms with Crippen LogP contribution in [0.3, 0.4) is 0 Å². The molecular weight excluding hydrogens is 272 g/mol. The minimum absolute atomic E-state index is 0.131. The molecule has 0 aromatic heterocycles. The third-order valence-corrected chi connectivity index (χ3v) is 4.04. The van der Waals surface area contributed by atoms with E-state index in [0.29, 0.717) is 17.0 Å². The summed E-state index contributed by atoms with van der Waals surface area (Å²) >= 11 is 5.81. The molecular formula is C16H21ClN2O. The predicted octanol–water partition coefficient (Wildman–Crippen LogP) is 4.19. The Morgan fingerprint density at radius 2 is 1.95 bits per heavy atom. The molecule has 20 heavy (non-hydrogen) atoms. The number of hydrogen-bond acceptors (Lipinski definition) is 1. The third kappa shape index (κ3) is 4.57. The maximum absolute atomic E-state index is 11.8. The van der Waals surface area contributed by atoms with Crippen LogP contribution in [0, 0.1) is 5.92 Å². The van der Waals surface area contributed by atoms with Crippen molar-refractivity contribution >= 4 is 23.7 Å². The molecule has 2 N–H and O–H groups in total. The van der Waals surface area contributed by atoms with Crippen molar-refractivity contribution < 1.29 is 4.79 Å². The van der Waals surface area contributed by atoms with E-state index in [1.54, 1.807) is 6.20 Å². The van der Waals surface area contributed by atoms with E-state index in [9.17, 15) is 4.79 Å². The van der Waals surface area contributed by atoms with Gasteiger partial charge >= 0.3 is 6.03 Å². The van der Waals surface area contributed by atoms with Gasteiger partial charge in [-0.3, -0.25) is 0 Å². The second kappa shape index (κ2) is 7.34. The number of hydrogen-bond donors (Lipinski definition) is 2. The number of amides is 2. The highest BCUT2D eigenvalue weighted by atomic mass is 35.5. The van der Waals surface area contributed by atoms with Crippen molar-refractivity contribution in [3.8, 4) is 0 Å². The van der Waals surface area contributed by atoms with Gasteiger partial charge in [-0.05, 0) is 42.5 Å². The molecule has 1 aliphatic rings. The zero-order valence-corrected chi connectivity index (χ0v) is 12.5. The summed E-state index contributed by atoms with van der Waals surface area (Å²) in [4.78, 5) is 11.8. The molecule has 1 aromatic rings. The first-order valence-corrected chi connectivity index (χ1v) is 7.52. The average Bonchev–Trinajstić information content (AvgIpc) is 2.44. The van der Waals surface area contributed by atoms with Crippen LogP contribution in [0.2, 0.25) is 5.02 Å². The van der Waals surface area contributed by atoms with Gasteiger partial charge in [-0.15, -0.1) is 0 Å². The van der Waals surface area contributed by atoms with Crippen molar-refractivity contribution in [3.05, 3.63) is 41.1 Å². The monoisotopic (exact) mass is 292 g/mol. The van der Waals surface area contributed by atoms with Crippen molar-refractivity contribution in [3.63, 3.8) is 0 Å². The Labute approximate surface area is 125 Å². The first-order valence-electron chi connectivity index (χ1n) is 7.14. The molecule has 2 rings (SSSR count). The summed E-state index contributed by atoms with van der Waals surface area (Å²) in [5.74, 6) is 0.565. The van der Waals surface area contributed by atoms with E-state index in [4.69, 9.17) is 11.6 Å². The zero-order valence-electron chi connectivity index (χ0n) is 11.7. The highest BCUT2D eigenvalue weighted by Crippen LogP contribution is 2.23. The molecule has 1 saturated carbocycles. The number of carbonyl (C=O) groups is 1. The molecule has 2 unspecified atom stereocenters. The largest absolute Gasteiger partial charge is 0.335 e. The van der Waals surface area contributed by atoms with Crippen molar-refractivity contribution in [1.82, 2.24) is 10.6 Å². The van der Waals surface area contributed by atoms with E-state index >= 15 is 0 Å². The summed E-state index contributed by atoms with van der Waals surface area (Å²) in [5, 5.41) is 6.50. The van der Waals surface area contributed by atoms with Crippen LogP contribution in [-0.2, 0) is 0 Å². The van der Waals surface area contributed by atoms with Gasteiger partial charge in [0, 0.05) is 17.3 Å². The van der Waals surface area contributed by atoms with Crippen LogP contribution < -0.4 is 10.6 Å². The molecule has 0 spiro atoms. The van der Waals surface area contributed by atoms with Gasteiger partial charge in [0.1, 0.15) is 0 Å². The Hall–Kier alpha value is -1.48.